The maximum Gasteiger partial charge on any atom is 0.127 e. The molecule has 0 unspecified atom stereocenters. The minimum atomic E-state index is -0.205. The van der Waals surface area contributed by atoms with Crippen LogP contribution in [0.1, 0.15) is 44.2 Å². The lowest BCUT2D eigenvalue weighted by atomic mass is 10.0. The highest BCUT2D eigenvalue weighted by atomic mass is 16.5. The largest absolute Gasteiger partial charge is 0.384 e. The Morgan fingerprint density at radius 1 is 1.50 bits per heavy atom. The zero-order valence-electron chi connectivity index (χ0n) is 10.6. The first-order valence-electron chi connectivity index (χ1n) is 5.83. The number of rotatable bonds is 4. The Balaban J connectivity index is 2.25. The number of aryl methyl sites for hydroxylation is 1. The third-order valence-corrected chi connectivity index (χ3v) is 3.26. The van der Waals surface area contributed by atoms with Gasteiger partial charge in [-0.3, -0.25) is 0 Å². The molecule has 0 radical (unpaired) electrons. The van der Waals surface area contributed by atoms with Crippen LogP contribution in [0.3, 0.4) is 0 Å². The third-order valence-electron chi connectivity index (χ3n) is 3.26. The maximum absolute atomic E-state index is 6.15. The Bertz CT molecular complexity index is 391. The number of hydrogen-bond donors (Lipinski definition) is 1. The molecule has 1 aliphatic carbocycles. The molecule has 1 saturated carbocycles. The van der Waals surface area contributed by atoms with Crippen LogP contribution in [0, 0.1) is 6.92 Å². The first kappa shape index (κ1) is 11.5. The van der Waals surface area contributed by atoms with Gasteiger partial charge in [-0.15, -0.1) is 0 Å². The van der Waals surface area contributed by atoms with Gasteiger partial charge in [0.2, 0.25) is 0 Å². The second-order valence-corrected chi connectivity index (χ2v) is 5.23. The van der Waals surface area contributed by atoms with Crippen LogP contribution in [-0.4, -0.2) is 22.3 Å². The van der Waals surface area contributed by atoms with Gasteiger partial charge in [-0.1, -0.05) is 0 Å². The average Bonchev–Trinajstić information content (AvgIpc) is 2.97. The van der Waals surface area contributed by atoms with Gasteiger partial charge in [-0.2, -0.15) is 0 Å². The summed E-state index contributed by atoms with van der Waals surface area (Å²) in [6.07, 6.45) is 3.22. The van der Waals surface area contributed by atoms with Crippen LogP contribution < -0.4 is 5.73 Å². The summed E-state index contributed by atoms with van der Waals surface area (Å²) in [7, 11) is 1.72. The number of aromatic nitrogens is 2. The normalized spacial score (nSPS) is 16.8. The summed E-state index contributed by atoms with van der Waals surface area (Å²) in [6.45, 7) is 6.13. The van der Waals surface area contributed by atoms with Crippen molar-refractivity contribution in [1.29, 1.82) is 0 Å². The van der Waals surface area contributed by atoms with Gasteiger partial charge in [0.25, 0.3) is 0 Å². The number of hydrogen-bond acceptors (Lipinski definition) is 3. The number of anilines is 1. The van der Waals surface area contributed by atoms with E-state index < -0.39 is 0 Å². The minimum absolute atomic E-state index is 0.205. The lowest BCUT2D eigenvalue weighted by molar-refractivity contribution is 0.0226. The third kappa shape index (κ3) is 2.07. The molecule has 2 N–H and O–H groups in total. The van der Waals surface area contributed by atoms with Gasteiger partial charge in [-0.05, 0) is 33.6 Å². The fourth-order valence-electron chi connectivity index (χ4n) is 2.02. The SMILES string of the molecule is COC(C)(C)Cc1nc(C)n(C2CC2)c1N. The van der Waals surface area contributed by atoms with Gasteiger partial charge in [0, 0.05) is 19.6 Å². The van der Waals surface area contributed by atoms with E-state index in [1.807, 2.05) is 6.92 Å². The zero-order chi connectivity index (χ0) is 11.9. The smallest absolute Gasteiger partial charge is 0.127 e. The van der Waals surface area contributed by atoms with Crippen LogP contribution in [0.2, 0.25) is 0 Å². The molecular formula is C12H21N3O. The van der Waals surface area contributed by atoms with Crippen molar-refractivity contribution < 1.29 is 4.74 Å². The molecule has 0 saturated heterocycles. The van der Waals surface area contributed by atoms with Gasteiger partial charge in [-0.25, -0.2) is 4.98 Å². The van der Waals surface area contributed by atoms with Crippen LogP contribution in [0.25, 0.3) is 0 Å². The molecule has 0 spiro atoms. The van der Waals surface area contributed by atoms with Crippen molar-refractivity contribution in [2.45, 2.75) is 51.7 Å². The molecule has 1 aromatic rings. The molecule has 1 aromatic heterocycles. The summed E-state index contributed by atoms with van der Waals surface area (Å²) in [5, 5.41) is 0. The minimum Gasteiger partial charge on any atom is -0.384 e. The Hall–Kier alpha value is -1.03. The van der Waals surface area contributed by atoms with Gasteiger partial charge in [0.05, 0.1) is 11.3 Å². The standard InChI is InChI=1S/C12H21N3O/c1-8-14-10(7-12(2,3)16-4)11(13)15(8)9-5-6-9/h9H,5-7,13H2,1-4H3. The van der Waals surface area contributed by atoms with Crippen molar-refractivity contribution in [3.05, 3.63) is 11.5 Å². The monoisotopic (exact) mass is 223 g/mol. The van der Waals surface area contributed by atoms with Gasteiger partial charge >= 0.3 is 0 Å². The van der Waals surface area contributed by atoms with Crippen molar-refractivity contribution >= 4 is 5.82 Å². The van der Waals surface area contributed by atoms with E-state index in [1.165, 1.54) is 12.8 Å². The van der Waals surface area contributed by atoms with E-state index >= 15 is 0 Å². The predicted molar refractivity (Wildman–Crippen MR) is 64.4 cm³/mol. The first-order chi connectivity index (χ1) is 7.44. The van der Waals surface area contributed by atoms with E-state index in [2.05, 4.69) is 23.4 Å². The van der Waals surface area contributed by atoms with Crippen molar-refractivity contribution in [3.8, 4) is 0 Å². The lowest BCUT2D eigenvalue weighted by Gasteiger charge is -2.21. The molecule has 0 aromatic carbocycles. The Morgan fingerprint density at radius 3 is 2.62 bits per heavy atom. The molecule has 90 valence electrons. The number of ether oxygens (including phenoxy) is 1. The van der Waals surface area contributed by atoms with E-state index in [0.717, 1.165) is 23.8 Å². The zero-order valence-corrected chi connectivity index (χ0v) is 10.6. The van der Waals surface area contributed by atoms with Gasteiger partial charge < -0.3 is 15.0 Å². The van der Waals surface area contributed by atoms with Gasteiger partial charge in [0.15, 0.2) is 0 Å². The highest BCUT2D eigenvalue weighted by molar-refractivity contribution is 5.40. The first-order valence-corrected chi connectivity index (χ1v) is 5.83. The topological polar surface area (TPSA) is 53.1 Å². The van der Waals surface area contributed by atoms with E-state index in [0.29, 0.717) is 6.04 Å². The molecule has 1 heterocycles. The summed E-state index contributed by atoms with van der Waals surface area (Å²) in [5.41, 5.74) is 6.92. The highest BCUT2D eigenvalue weighted by Crippen LogP contribution is 2.39. The van der Waals surface area contributed by atoms with E-state index in [9.17, 15) is 0 Å². The number of nitrogens with zero attached hydrogens (tertiary/aromatic N) is 2. The molecule has 0 aliphatic heterocycles. The summed E-state index contributed by atoms with van der Waals surface area (Å²) < 4.78 is 7.58. The summed E-state index contributed by atoms with van der Waals surface area (Å²) in [6, 6.07) is 0.590. The summed E-state index contributed by atoms with van der Waals surface area (Å²) in [4.78, 5) is 4.56. The number of nitrogen functional groups attached to an aromatic ring is 1. The lowest BCUT2D eigenvalue weighted by Crippen LogP contribution is -2.26. The summed E-state index contributed by atoms with van der Waals surface area (Å²) >= 11 is 0. The molecule has 0 bridgehead atoms. The quantitative estimate of drug-likeness (QED) is 0.850. The van der Waals surface area contributed by atoms with Crippen molar-refractivity contribution in [1.82, 2.24) is 9.55 Å². The van der Waals surface area contributed by atoms with Crippen LogP contribution in [0.5, 0.6) is 0 Å². The molecule has 4 nitrogen and oxygen atoms in total. The van der Waals surface area contributed by atoms with Crippen LogP contribution in [-0.2, 0) is 11.2 Å². The number of imidazole rings is 1. The number of methoxy groups -OCH3 is 1. The summed E-state index contributed by atoms with van der Waals surface area (Å²) in [5.74, 6) is 1.85. The molecule has 2 rings (SSSR count). The fourth-order valence-corrected chi connectivity index (χ4v) is 2.02. The maximum atomic E-state index is 6.15. The molecule has 1 fully saturated rings. The van der Waals surface area contributed by atoms with Crippen LogP contribution in [0.4, 0.5) is 5.82 Å². The second kappa shape index (κ2) is 3.77. The Labute approximate surface area is 96.8 Å². The molecule has 0 amide bonds. The van der Waals surface area contributed by atoms with Crippen LogP contribution >= 0.6 is 0 Å². The second-order valence-electron chi connectivity index (χ2n) is 5.23. The number of nitrogens with two attached hydrogens (primary N) is 1. The Kier molecular flexibility index (Phi) is 2.70. The molecule has 4 heteroatoms. The fraction of sp³-hybridized carbons (Fsp3) is 0.750. The average molecular weight is 223 g/mol. The Morgan fingerprint density at radius 2 is 2.12 bits per heavy atom. The van der Waals surface area contributed by atoms with Gasteiger partial charge in [0.1, 0.15) is 11.6 Å². The molecule has 1 aliphatic rings. The van der Waals surface area contributed by atoms with Crippen molar-refractivity contribution in [3.63, 3.8) is 0 Å². The van der Waals surface area contributed by atoms with E-state index in [4.69, 9.17) is 10.5 Å². The highest BCUT2D eigenvalue weighted by Gasteiger charge is 2.30. The van der Waals surface area contributed by atoms with Crippen molar-refractivity contribution in [2.24, 2.45) is 0 Å². The predicted octanol–water partition coefficient (Wildman–Crippen LogP) is 2.08. The molecule has 16 heavy (non-hydrogen) atoms. The molecular weight excluding hydrogens is 202 g/mol. The van der Waals surface area contributed by atoms with Crippen molar-refractivity contribution in [2.75, 3.05) is 12.8 Å². The molecule has 0 atom stereocenters. The van der Waals surface area contributed by atoms with E-state index in [1.54, 1.807) is 7.11 Å². The van der Waals surface area contributed by atoms with E-state index in [-0.39, 0.29) is 5.60 Å². The van der Waals surface area contributed by atoms with Crippen LogP contribution in [0.15, 0.2) is 0 Å².